The summed E-state index contributed by atoms with van der Waals surface area (Å²) >= 11 is 3.11. The van der Waals surface area contributed by atoms with E-state index >= 15 is 0 Å². The first-order chi connectivity index (χ1) is 6.15. The maximum absolute atomic E-state index is 11.1. The third kappa shape index (κ3) is 2.56. The van der Waals surface area contributed by atoms with Gasteiger partial charge in [-0.3, -0.25) is 4.79 Å². The van der Waals surface area contributed by atoms with Gasteiger partial charge in [-0.25, -0.2) is 0 Å². The van der Waals surface area contributed by atoms with Crippen LogP contribution in [0.25, 0.3) is 0 Å². The molecule has 0 aliphatic heterocycles. The predicted octanol–water partition coefficient (Wildman–Crippen LogP) is 2.64. The van der Waals surface area contributed by atoms with Crippen LogP contribution in [0.3, 0.4) is 0 Å². The summed E-state index contributed by atoms with van der Waals surface area (Å²) in [6.45, 7) is 3.97. The van der Waals surface area contributed by atoms with Gasteiger partial charge in [0.25, 0.3) is 0 Å². The number of anilines is 1. The minimum absolute atomic E-state index is 0.0163. The summed E-state index contributed by atoms with van der Waals surface area (Å²) in [5.74, 6) is -0.0163. The molecule has 1 amide bonds. The standard InChI is InChI=1S/C10H12BrNO/c1-7-4-3-5-8(2)10(7)12-9(13)6-11/h3-5H,6H2,1-2H3,(H,12,13). The fraction of sp³-hybridized carbons (Fsp3) is 0.300. The Kier molecular flexibility index (Phi) is 3.48. The molecule has 0 aliphatic rings. The van der Waals surface area contributed by atoms with Crippen molar-refractivity contribution >= 4 is 27.5 Å². The molecule has 0 unspecified atom stereocenters. The van der Waals surface area contributed by atoms with Crippen molar-refractivity contribution in [3.05, 3.63) is 29.3 Å². The van der Waals surface area contributed by atoms with E-state index in [0.717, 1.165) is 16.8 Å². The van der Waals surface area contributed by atoms with Crippen molar-refractivity contribution in [3.8, 4) is 0 Å². The van der Waals surface area contributed by atoms with E-state index in [1.807, 2.05) is 32.0 Å². The Bertz CT molecular complexity index is 302. The molecule has 0 saturated heterocycles. The molecule has 0 aliphatic carbocycles. The lowest BCUT2D eigenvalue weighted by Crippen LogP contribution is -2.14. The fourth-order valence-electron chi connectivity index (χ4n) is 1.18. The number of nitrogens with one attached hydrogen (secondary N) is 1. The van der Waals surface area contributed by atoms with Gasteiger partial charge in [-0.1, -0.05) is 34.1 Å². The van der Waals surface area contributed by atoms with Gasteiger partial charge < -0.3 is 5.32 Å². The molecule has 0 heterocycles. The number of aryl methyl sites for hydroxylation is 2. The smallest absolute Gasteiger partial charge is 0.235 e. The Labute approximate surface area is 86.5 Å². The highest BCUT2D eigenvalue weighted by Crippen LogP contribution is 2.19. The number of rotatable bonds is 2. The topological polar surface area (TPSA) is 29.1 Å². The lowest BCUT2D eigenvalue weighted by atomic mass is 10.1. The summed E-state index contributed by atoms with van der Waals surface area (Å²) in [5.41, 5.74) is 3.11. The molecule has 0 bridgehead atoms. The van der Waals surface area contributed by atoms with Gasteiger partial charge >= 0.3 is 0 Å². The van der Waals surface area contributed by atoms with Crippen LogP contribution in [0.15, 0.2) is 18.2 Å². The maximum atomic E-state index is 11.1. The average Bonchev–Trinajstić information content (AvgIpc) is 2.11. The van der Waals surface area contributed by atoms with Gasteiger partial charge in [0.05, 0.1) is 5.33 Å². The number of carbonyl (C=O) groups is 1. The minimum atomic E-state index is -0.0163. The maximum Gasteiger partial charge on any atom is 0.235 e. The second kappa shape index (κ2) is 4.42. The van der Waals surface area contributed by atoms with Crippen LogP contribution in [0.5, 0.6) is 0 Å². The Hall–Kier alpha value is -0.830. The van der Waals surface area contributed by atoms with Gasteiger partial charge in [0.2, 0.25) is 5.91 Å². The van der Waals surface area contributed by atoms with Crippen LogP contribution in [0, 0.1) is 13.8 Å². The highest BCUT2D eigenvalue weighted by molar-refractivity contribution is 9.09. The van der Waals surface area contributed by atoms with Crippen LogP contribution in [0.1, 0.15) is 11.1 Å². The molecular formula is C10H12BrNO. The van der Waals surface area contributed by atoms with Gasteiger partial charge in [-0.05, 0) is 25.0 Å². The molecule has 2 nitrogen and oxygen atoms in total. The predicted molar refractivity (Wildman–Crippen MR) is 58.3 cm³/mol. The van der Waals surface area contributed by atoms with E-state index in [1.54, 1.807) is 0 Å². The average molecular weight is 242 g/mol. The fourth-order valence-corrected chi connectivity index (χ4v) is 1.32. The van der Waals surface area contributed by atoms with Crippen molar-refractivity contribution in [2.24, 2.45) is 0 Å². The normalized spacial score (nSPS) is 9.77. The number of benzene rings is 1. The van der Waals surface area contributed by atoms with Gasteiger partial charge in [0.1, 0.15) is 0 Å². The molecule has 1 N–H and O–H groups in total. The highest BCUT2D eigenvalue weighted by Gasteiger charge is 2.04. The van der Waals surface area contributed by atoms with Crippen molar-refractivity contribution < 1.29 is 4.79 Å². The quantitative estimate of drug-likeness (QED) is 0.793. The summed E-state index contributed by atoms with van der Waals surface area (Å²) < 4.78 is 0. The Morgan fingerprint density at radius 2 is 1.92 bits per heavy atom. The molecule has 13 heavy (non-hydrogen) atoms. The number of halogens is 1. The SMILES string of the molecule is Cc1cccc(C)c1NC(=O)CBr. The van der Waals surface area contributed by atoms with E-state index in [0.29, 0.717) is 5.33 Å². The number of alkyl halides is 1. The van der Waals surface area contributed by atoms with Crippen LogP contribution < -0.4 is 5.32 Å². The third-order valence-corrected chi connectivity index (χ3v) is 2.38. The summed E-state index contributed by atoms with van der Waals surface area (Å²) in [4.78, 5) is 11.1. The molecule has 70 valence electrons. The summed E-state index contributed by atoms with van der Waals surface area (Å²) in [7, 11) is 0. The number of carbonyl (C=O) groups excluding carboxylic acids is 1. The first kappa shape index (κ1) is 10.3. The largest absolute Gasteiger partial charge is 0.325 e. The summed E-state index contributed by atoms with van der Waals surface area (Å²) in [6.07, 6.45) is 0. The molecule has 1 rings (SSSR count). The number of hydrogen-bond donors (Lipinski definition) is 1. The zero-order chi connectivity index (χ0) is 9.84. The van der Waals surface area contributed by atoms with Crippen LogP contribution in [-0.4, -0.2) is 11.2 Å². The van der Waals surface area contributed by atoms with Crippen molar-refractivity contribution in [3.63, 3.8) is 0 Å². The monoisotopic (exact) mass is 241 g/mol. The van der Waals surface area contributed by atoms with Crippen LogP contribution >= 0.6 is 15.9 Å². The Balaban J connectivity index is 2.93. The second-order valence-corrected chi connectivity index (χ2v) is 3.51. The molecule has 3 heteroatoms. The summed E-state index contributed by atoms with van der Waals surface area (Å²) in [5, 5.41) is 3.18. The molecule has 0 fully saturated rings. The molecule has 1 aromatic rings. The molecular weight excluding hydrogens is 230 g/mol. The molecule has 0 radical (unpaired) electrons. The van der Waals surface area contributed by atoms with Gasteiger partial charge in [0.15, 0.2) is 0 Å². The second-order valence-electron chi connectivity index (χ2n) is 2.95. The molecule has 0 saturated carbocycles. The molecule has 0 atom stereocenters. The van der Waals surface area contributed by atoms with Crippen LogP contribution in [0.4, 0.5) is 5.69 Å². The lowest BCUT2D eigenvalue weighted by molar-refractivity contribution is -0.113. The minimum Gasteiger partial charge on any atom is -0.325 e. The van der Waals surface area contributed by atoms with Crippen LogP contribution in [0.2, 0.25) is 0 Å². The first-order valence-corrected chi connectivity index (χ1v) is 5.19. The lowest BCUT2D eigenvalue weighted by Gasteiger charge is -2.09. The van der Waals surface area contributed by atoms with Gasteiger partial charge in [-0.2, -0.15) is 0 Å². The van der Waals surface area contributed by atoms with Crippen molar-refractivity contribution in [2.45, 2.75) is 13.8 Å². The van der Waals surface area contributed by atoms with E-state index in [-0.39, 0.29) is 5.91 Å². The summed E-state index contributed by atoms with van der Waals surface area (Å²) in [6, 6.07) is 5.95. The molecule has 0 aromatic heterocycles. The van der Waals surface area contributed by atoms with Crippen molar-refractivity contribution in [1.29, 1.82) is 0 Å². The molecule has 0 spiro atoms. The number of para-hydroxylation sites is 1. The zero-order valence-corrected chi connectivity index (χ0v) is 9.31. The van der Waals surface area contributed by atoms with Gasteiger partial charge in [-0.15, -0.1) is 0 Å². The van der Waals surface area contributed by atoms with Crippen molar-refractivity contribution in [1.82, 2.24) is 0 Å². The van der Waals surface area contributed by atoms with E-state index in [9.17, 15) is 4.79 Å². The van der Waals surface area contributed by atoms with E-state index in [1.165, 1.54) is 0 Å². The van der Waals surface area contributed by atoms with E-state index < -0.39 is 0 Å². The zero-order valence-electron chi connectivity index (χ0n) is 7.73. The first-order valence-electron chi connectivity index (χ1n) is 4.07. The Morgan fingerprint density at radius 3 is 2.38 bits per heavy atom. The van der Waals surface area contributed by atoms with Gasteiger partial charge in [0, 0.05) is 5.69 Å². The molecule has 1 aromatic carbocycles. The highest BCUT2D eigenvalue weighted by atomic mass is 79.9. The van der Waals surface area contributed by atoms with Crippen LogP contribution in [-0.2, 0) is 4.79 Å². The van der Waals surface area contributed by atoms with E-state index in [2.05, 4.69) is 21.2 Å². The Morgan fingerprint density at radius 1 is 1.38 bits per heavy atom. The van der Waals surface area contributed by atoms with Crippen molar-refractivity contribution in [2.75, 3.05) is 10.6 Å². The van der Waals surface area contributed by atoms with E-state index in [4.69, 9.17) is 0 Å². The third-order valence-electron chi connectivity index (χ3n) is 1.87. The number of amides is 1. The number of hydrogen-bond acceptors (Lipinski definition) is 1.